The summed E-state index contributed by atoms with van der Waals surface area (Å²) >= 11 is 0. The van der Waals surface area contributed by atoms with Crippen molar-refractivity contribution in [1.29, 1.82) is 0 Å². The van der Waals surface area contributed by atoms with E-state index in [1.165, 1.54) is 12.2 Å². The minimum Gasteiger partial charge on any atom is -0.444 e. The Hall–Kier alpha value is -2.83. The van der Waals surface area contributed by atoms with E-state index in [1.807, 2.05) is 0 Å². The van der Waals surface area contributed by atoms with Crippen molar-refractivity contribution in [3.8, 4) is 23.7 Å². The van der Waals surface area contributed by atoms with E-state index in [0.29, 0.717) is 5.56 Å². The molecule has 26 heavy (non-hydrogen) atoms. The summed E-state index contributed by atoms with van der Waals surface area (Å²) in [7, 11) is 0. The molecule has 0 unspecified atom stereocenters. The van der Waals surface area contributed by atoms with Gasteiger partial charge in [0.15, 0.2) is 6.10 Å². The molecule has 5 atom stereocenters. The molecule has 1 aromatic rings. The highest BCUT2D eigenvalue weighted by atomic mass is 16.5. The zero-order valence-electron chi connectivity index (χ0n) is 13.9. The standard InChI is InChI=1S/C21H18O5/c1-2-14-10-11-16-13-17(22)19(23)21(16,25)12-6-9-18(14)26-20(24)15-7-4-3-5-8-15/h2-5,7-8,13-14,17-19,22-23,25H,1,12H2/t14-,17-,18+,19+,21+/m1/s1. The molecule has 3 N–H and O–H groups in total. The molecular weight excluding hydrogens is 332 g/mol. The molecule has 2 aliphatic rings. The van der Waals surface area contributed by atoms with Gasteiger partial charge in [0.1, 0.15) is 17.8 Å². The zero-order chi connectivity index (χ0) is 18.7. The van der Waals surface area contributed by atoms with E-state index in [4.69, 9.17) is 4.74 Å². The number of aliphatic hydroxyl groups is 3. The van der Waals surface area contributed by atoms with Gasteiger partial charge in [-0.2, -0.15) is 0 Å². The monoisotopic (exact) mass is 350 g/mol. The molecule has 0 radical (unpaired) electrons. The van der Waals surface area contributed by atoms with E-state index in [1.54, 1.807) is 30.3 Å². The van der Waals surface area contributed by atoms with Gasteiger partial charge in [-0.05, 0) is 18.2 Å². The number of rotatable bonds is 3. The molecule has 5 nitrogen and oxygen atoms in total. The first-order chi connectivity index (χ1) is 12.5. The Morgan fingerprint density at radius 2 is 2.00 bits per heavy atom. The molecule has 0 amide bonds. The fourth-order valence-corrected chi connectivity index (χ4v) is 2.85. The molecule has 132 valence electrons. The fraction of sp³-hybridized carbons (Fsp3) is 0.286. The highest BCUT2D eigenvalue weighted by Gasteiger charge is 2.47. The third kappa shape index (κ3) is 3.29. The van der Waals surface area contributed by atoms with Crippen LogP contribution in [0.25, 0.3) is 0 Å². The lowest BCUT2D eigenvalue weighted by molar-refractivity contribution is -0.0716. The maximum Gasteiger partial charge on any atom is 0.339 e. The van der Waals surface area contributed by atoms with E-state index >= 15 is 0 Å². The lowest BCUT2D eigenvalue weighted by atomic mass is 9.90. The van der Waals surface area contributed by atoms with Gasteiger partial charge in [0, 0.05) is 12.0 Å². The Kier molecular flexibility index (Phi) is 4.97. The van der Waals surface area contributed by atoms with Gasteiger partial charge in [0.25, 0.3) is 0 Å². The van der Waals surface area contributed by atoms with Gasteiger partial charge in [-0.3, -0.25) is 0 Å². The van der Waals surface area contributed by atoms with Crippen molar-refractivity contribution < 1.29 is 24.9 Å². The number of hydrogen-bond donors (Lipinski definition) is 3. The first kappa shape index (κ1) is 18.0. The van der Waals surface area contributed by atoms with Crippen LogP contribution in [0, 0.1) is 29.6 Å². The van der Waals surface area contributed by atoms with E-state index < -0.39 is 35.8 Å². The maximum atomic E-state index is 12.3. The second-order valence-electron chi connectivity index (χ2n) is 6.16. The Bertz CT molecular complexity index is 864. The van der Waals surface area contributed by atoms with Crippen LogP contribution in [-0.4, -0.2) is 45.2 Å². The summed E-state index contributed by atoms with van der Waals surface area (Å²) < 4.78 is 5.48. The summed E-state index contributed by atoms with van der Waals surface area (Å²) in [6.45, 7) is 3.71. The Morgan fingerprint density at radius 3 is 2.69 bits per heavy atom. The van der Waals surface area contributed by atoms with Crippen molar-refractivity contribution in [2.45, 2.75) is 30.3 Å². The molecule has 0 fully saturated rings. The second-order valence-corrected chi connectivity index (χ2v) is 6.16. The van der Waals surface area contributed by atoms with Gasteiger partial charge in [-0.15, -0.1) is 6.58 Å². The number of esters is 1. The molecule has 0 aliphatic heterocycles. The van der Waals surface area contributed by atoms with Gasteiger partial charge >= 0.3 is 5.97 Å². The van der Waals surface area contributed by atoms with E-state index in [9.17, 15) is 20.1 Å². The van der Waals surface area contributed by atoms with Crippen LogP contribution < -0.4 is 0 Å². The molecule has 5 heteroatoms. The van der Waals surface area contributed by atoms with Crippen molar-refractivity contribution in [3.05, 3.63) is 60.2 Å². The summed E-state index contributed by atoms with van der Waals surface area (Å²) in [5, 5.41) is 30.5. The number of hydrogen-bond acceptors (Lipinski definition) is 5. The normalized spacial score (nSPS) is 32.2. The van der Waals surface area contributed by atoms with Crippen molar-refractivity contribution in [1.82, 2.24) is 0 Å². The maximum absolute atomic E-state index is 12.3. The van der Waals surface area contributed by atoms with E-state index in [0.717, 1.165) is 0 Å². The molecular formula is C21H18O5. The van der Waals surface area contributed by atoms with E-state index in [-0.39, 0.29) is 12.0 Å². The first-order valence-corrected chi connectivity index (χ1v) is 8.15. The lowest BCUT2D eigenvalue weighted by Crippen LogP contribution is -2.44. The fourth-order valence-electron chi connectivity index (χ4n) is 2.85. The summed E-state index contributed by atoms with van der Waals surface area (Å²) in [6, 6.07) is 8.52. The number of carbonyl (C=O) groups is 1. The quantitative estimate of drug-likeness (QED) is 0.427. The summed E-state index contributed by atoms with van der Waals surface area (Å²) in [5.41, 5.74) is -1.15. The molecule has 0 heterocycles. The minimum absolute atomic E-state index is 0.144. The van der Waals surface area contributed by atoms with Gasteiger partial charge < -0.3 is 20.1 Å². The Morgan fingerprint density at radius 1 is 1.27 bits per heavy atom. The summed E-state index contributed by atoms with van der Waals surface area (Å²) in [4.78, 5) is 12.3. The second kappa shape index (κ2) is 7.19. The SMILES string of the molecule is C=C[C@@H]1C#CC2=C[C@@H](O)[C@H](O)[C@]2(O)CC#C[C@@H]1OC(=O)c1ccccc1. The van der Waals surface area contributed by atoms with Crippen LogP contribution in [0.4, 0.5) is 0 Å². The molecule has 0 bridgehead atoms. The van der Waals surface area contributed by atoms with Crippen LogP contribution in [0.2, 0.25) is 0 Å². The molecule has 0 saturated heterocycles. The number of aliphatic hydroxyl groups excluding tert-OH is 2. The topological polar surface area (TPSA) is 87.0 Å². The van der Waals surface area contributed by atoms with Gasteiger partial charge in [0.05, 0.1) is 11.5 Å². The molecule has 0 spiro atoms. The van der Waals surface area contributed by atoms with Crippen molar-refractivity contribution >= 4 is 5.97 Å². The minimum atomic E-state index is -1.75. The highest BCUT2D eigenvalue weighted by molar-refractivity contribution is 5.89. The predicted molar refractivity (Wildman–Crippen MR) is 94.5 cm³/mol. The third-order valence-electron chi connectivity index (χ3n) is 4.42. The van der Waals surface area contributed by atoms with Crippen LogP contribution in [-0.2, 0) is 4.74 Å². The molecule has 1 aromatic carbocycles. The van der Waals surface area contributed by atoms with E-state index in [2.05, 4.69) is 30.3 Å². The van der Waals surface area contributed by atoms with Crippen LogP contribution in [0.3, 0.4) is 0 Å². The van der Waals surface area contributed by atoms with Crippen LogP contribution in [0.5, 0.6) is 0 Å². The highest BCUT2D eigenvalue weighted by Crippen LogP contribution is 2.34. The summed E-state index contributed by atoms with van der Waals surface area (Å²) in [5.74, 6) is 10.0. The number of ether oxygens (including phenoxy) is 1. The number of benzene rings is 1. The van der Waals surface area contributed by atoms with Gasteiger partial charge in [0.2, 0.25) is 0 Å². The molecule has 2 aliphatic carbocycles. The van der Waals surface area contributed by atoms with Crippen LogP contribution in [0.1, 0.15) is 16.8 Å². The van der Waals surface area contributed by atoms with Crippen molar-refractivity contribution in [2.75, 3.05) is 0 Å². The van der Waals surface area contributed by atoms with Crippen molar-refractivity contribution in [2.24, 2.45) is 5.92 Å². The first-order valence-electron chi connectivity index (χ1n) is 8.15. The van der Waals surface area contributed by atoms with Gasteiger partial charge in [-0.1, -0.05) is 48.0 Å². The Labute approximate surface area is 151 Å². The van der Waals surface area contributed by atoms with Gasteiger partial charge in [-0.25, -0.2) is 4.79 Å². The third-order valence-corrected chi connectivity index (χ3v) is 4.42. The smallest absolute Gasteiger partial charge is 0.339 e. The zero-order valence-corrected chi connectivity index (χ0v) is 13.9. The lowest BCUT2D eigenvalue weighted by Gasteiger charge is -2.26. The summed E-state index contributed by atoms with van der Waals surface area (Å²) in [6.07, 6.45) is -0.800. The molecule has 3 rings (SSSR count). The number of carbonyl (C=O) groups excluding carboxylic acids is 1. The van der Waals surface area contributed by atoms with Crippen LogP contribution in [0.15, 0.2) is 54.6 Å². The van der Waals surface area contributed by atoms with Crippen LogP contribution >= 0.6 is 0 Å². The Balaban J connectivity index is 1.90. The molecule has 0 aromatic heterocycles. The van der Waals surface area contributed by atoms with Crippen molar-refractivity contribution in [3.63, 3.8) is 0 Å². The largest absolute Gasteiger partial charge is 0.444 e. The average molecular weight is 350 g/mol. The average Bonchev–Trinajstić information content (AvgIpc) is 2.89. The predicted octanol–water partition coefficient (Wildman–Crippen LogP) is 0.818. The molecule has 0 saturated carbocycles. The number of fused-ring (bicyclic) bond motifs is 1.